The molecule has 0 aliphatic heterocycles. The number of amides is 1. The Morgan fingerprint density at radius 3 is 2.67 bits per heavy atom. The van der Waals surface area contributed by atoms with Crippen molar-refractivity contribution in [2.75, 3.05) is 5.32 Å². The SMILES string of the molecule is Cc1n[nH]c(C)c1CCC(=O)Nc1ccc(Cn2cncn2)cc1. The summed E-state index contributed by atoms with van der Waals surface area (Å²) in [5.41, 5.74) is 5.00. The van der Waals surface area contributed by atoms with Crippen LogP contribution in [-0.4, -0.2) is 30.9 Å². The number of benzene rings is 1. The molecule has 0 saturated heterocycles. The smallest absolute Gasteiger partial charge is 0.224 e. The van der Waals surface area contributed by atoms with Crippen LogP contribution in [0.25, 0.3) is 0 Å². The number of aromatic amines is 1. The van der Waals surface area contributed by atoms with Gasteiger partial charge in [0.15, 0.2) is 0 Å². The Morgan fingerprint density at radius 1 is 1.25 bits per heavy atom. The molecule has 1 aromatic carbocycles. The van der Waals surface area contributed by atoms with Crippen LogP contribution in [0.5, 0.6) is 0 Å². The van der Waals surface area contributed by atoms with Crippen LogP contribution in [0.15, 0.2) is 36.9 Å². The minimum Gasteiger partial charge on any atom is -0.326 e. The fraction of sp³-hybridized carbons (Fsp3) is 0.294. The second-order valence-corrected chi connectivity index (χ2v) is 5.75. The van der Waals surface area contributed by atoms with Crippen molar-refractivity contribution >= 4 is 11.6 Å². The molecule has 24 heavy (non-hydrogen) atoms. The molecule has 7 nitrogen and oxygen atoms in total. The van der Waals surface area contributed by atoms with Gasteiger partial charge in [-0.3, -0.25) is 9.89 Å². The first-order chi connectivity index (χ1) is 11.6. The van der Waals surface area contributed by atoms with Crippen LogP contribution in [-0.2, 0) is 17.8 Å². The number of hydrogen-bond acceptors (Lipinski definition) is 4. The van der Waals surface area contributed by atoms with Gasteiger partial charge in [-0.2, -0.15) is 10.2 Å². The Hall–Kier alpha value is -2.96. The van der Waals surface area contributed by atoms with Gasteiger partial charge in [0, 0.05) is 17.8 Å². The predicted octanol–water partition coefficient (Wildman–Crippen LogP) is 2.24. The maximum absolute atomic E-state index is 12.1. The number of hydrogen-bond donors (Lipinski definition) is 2. The molecule has 3 aromatic rings. The maximum Gasteiger partial charge on any atom is 0.224 e. The lowest BCUT2D eigenvalue weighted by Crippen LogP contribution is -2.12. The van der Waals surface area contributed by atoms with Crippen LogP contribution in [0.3, 0.4) is 0 Å². The van der Waals surface area contributed by atoms with Crippen LogP contribution < -0.4 is 5.32 Å². The quantitative estimate of drug-likeness (QED) is 0.728. The lowest BCUT2D eigenvalue weighted by atomic mass is 10.1. The highest BCUT2D eigenvalue weighted by atomic mass is 16.1. The van der Waals surface area contributed by atoms with Gasteiger partial charge in [-0.05, 0) is 43.5 Å². The van der Waals surface area contributed by atoms with Gasteiger partial charge in [0.1, 0.15) is 12.7 Å². The van der Waals surface area contributed by atoms with Crippen LogP contribution in [0.4, 0.5) is 5.69 Å². The van der Waals surface area contributed by atoms with E-state index in [1.165, 1.54) is 6.33 Å². The number of anilines is 1. The monoisotopic (exact) mass is 324 g/mol. The fourth-order valence-corrected chi connectivity index (χ4v) is 2.60. The third kappa shape index (κ3) is 3.87. The second kappa shape index (κ2) is 7.08. The van der Waals surface area contributed by atoms with Gasteiger partial charge in [0.2, 0.25) is 5.91 Å². The van der Waals surface area contributed by atoms with Gasteiger partial charge in [-0.25, -0.2) is 9.67 Å². The average Bonchev–Trinajstić information content (AvgIpc) is 3.18. The molecule has 0 bridgehead atoms. The Kier molecular flexibility index (Phi) is 4.69. The standard InChI is InChI=1S/C17H20N6O/c1-12-16(13(2)22-21-12)7-8-17(24)20-15-5-3-14(4-6-15)9-23-11-18-10-19-23/h3-6,10-11H,7-9H2,1-2H3,(H,20,24)(H,21,22). The molecule has 0 radical (unpaired) electrons. The molecule has 3 rings (SSSR count). The summed E-state index contributed by atoms with van der Waals surface area (Å²) in [4.78, 5) is 16.0. The Balaban J connectivity index is 1.53. The average molecular weight is 324 g/mol. The van der Waals surface area contributed by atoms with Crippen molar-refractivity contribution in [3.63, 3.8) is 0 Å². The van der Waals surface area contributed by atoms with E-state index >= 15 is 0 Å². The second-order valence-electron chi connectivity index (χ2n) is 5.75. The third-order valence-corrected chi connectivity index (χ3v) is 3.93. The summed E-state index contributed by atoms with van der Waals surface area (Å²) in [6, 6.07) is 7.75. The van der Waals surface area contributed by atoms with Crippen molar-refractivity contribution in [2.24, 2.45) is 0 Å². The number of rotatable bonds is 6. The summed E-state index contributed by atoms with van der Waals surface area (Å²) in [6.07, 6.45) is 4.31. The summed E-state index contributed by atoms with van der Waals surface area (Å²) in [5.74, 6) is -0.000902. The molecule has 7 heteroatoms. The van der Waals surface area contributed by atoms with Gasteiger partial charge in [-0.1, -0.05) is 12.1 Å². The maximum atomic E-state index is 12.1. The highest BCUT2D eigenvalue weighted by Crippen LogP contribution is 2.14. The normalized spacial score (nSPS) is 10.8. The molecule has 0 saturated carbocycles. The molecule has 2 heterocycles. The minimum absolute atomic E-state index is 0.000902. The number of aromatic nitrogens is 5. The van der Waals surface area contributed by atoms with Crippen LogP contribution in [0.2, 0.25) is 0 Å². The highest BCUT2D eigenvalue weighted by Gasteiger charge is 2.09. The molecule has 0 fully saturated rings. The Bertz CT molecular complexity index is 785. The van der Waals surface area contributed by atoms with Crippen molar-refractivity contribution in [2.45, 2.75) is 33.2 Å². The van der Waals surface area contributed by atoms with Gasteiger partial charge in [0.05, 0.1) is 12.2 Å². The molecule has 0 atom stereocenters. The molecule has 1 amide bonds. The largest absolute Gasteiger partial charge is 0.326 e. The van der Waals surface area contributed by atoms with Crippen molar-refractivity contribution < 1.29 is 4.79 Å². The first-order valence-electron chi connectivity index (χ1n) is 7.83. The number of carbonyl (C=O) groups is 1. The van der Waals surface area contributed by atoms with E-state index in [9.17, 15) is 4.79 Å². The number of nitrogens with one attached hydrogen (secondary N) is 2. The first-order valence-corrected chi connectivity index (χ1v) is 7.83. The predicted molar refractivity (Wildman–Crippen MR) is 90.6 cm³/mol. The number of nitrogens with zero attached hydrogens (tertiary/aromatic N) is 4. The van der Waals surface area contributed by atoms with Crippen LogP contribution in [0.1, 0.15) is 28.9 Å². The molecule has 2 aromatic heterocycles. The van der Waals surface area contributed by atoms with Gasteiger partial charge in [0.25, 0.3) is 0 Å². The Labute approximate surface area is 140 Å². The third-order valence-electron chi connectivity index (χ3n) is 3.93. The summed E-state index contributed by atoms with van der Waals surface area (Å²) in [6.45, 7) is 4.58. The Morgan fingerprint density at radius 2 is 2.04 bits per heavy atom. The van der Waals surface area contributed by atoms with Crippen LogP contribution in [0, 0.1) is 13.8 Å². The van der Waals surface area contributed by atoms with Crippen LogP contribution >= 0.6 is 0 Å². The lowest BCUT2D eigenvalue weighted by Gasteiger charge is -2.07. The first kappa shape index (κ1) is 15.9. The lowest BCUT2D eigenvalue weighted by molar-refractivity contribution is -0.116. The van der Waals surface area contributed by atoms with E-state index in [1.807, 2.05) is 38.1 Å². The van der Waals surface area contributed by atoms with Crippen molar-refractivity contribution in [3.8, 4) is 0 Å². The summed E-state index contributed by atoms with van der Waals surface area (Å²) in [7, 11) is 0. The summed E-state index contributed by atoms with van der Waals surface area (Å²) >= 11 is 0. The zero-order valence-electron chi connectivity index (χ0n) is 13.8. The number of H-pyrrole nitrogens is 1. The zero-order chi connectivity index (χ0) is 16.9. The van der Waals surface area contributed by atoms with Gasteiger partial charge < -0.3 is 5.32 Å². The molecule has 124 valence electrons. The van der Waals surface area contributed by atoms with Gasteiger partial charge in [-0.15, -0.1) is 0 Å². The zero-order valence-corrected chi connectivity index (χ0v) is 13.8. The van der Waals surface area contributed by atoms with E-state index in [1.54, 1.807) is 11.0 Å². The number of aryl methyl sites for hydroxylation is 2. The number of carbonyl (C=O) groups excluding carboxylic acids is 1. The van der Waals surface area contributed by atoms with Gasteiger partial charge >= 0.3 is 0 Å². The summed E-state index contributed by atoms with van der Waals surface area (Å²) in [5, 5.41) is 14.1. The van der Waals surface area contributed by atoms with Crippen molar-refractivity contribution in [3.05, 3.63) is 59.4 Å². The molecular formula is C17H20N6O. The molecule has 0 unspecified atom stereocenters. The van der Waals surface area contributed by atoms with Crippen molar-refractivity contribution in [1.29, 1.82) is 0 Å². The highest BCUT2D eigenvalue weighted by molar-refractivity contribution is 5.90. The van der Waals surface area contributed by atoms with E-state index in [0.29, 0.717) is 19.4 Å². The molecule has 0 spiro atoms. The van der Waals surface area contributed by atoms with Crippen molar-refractivity contribution in [1.82, 2.24) is 25.0 Å². The van der Waals surface area contributed by atoms with E-state index in [4.69, 9.17) is 0 Å². The molecule has 0 aliphatic rings. The molecular weight excluding hydrogens is 304 g/mol. The summed E-state index contributed by atoms with van der Waals surface area (Å²) < 4.78 is 1.75. The minimum atomic E-state index is -0.000902. The van der Waals surface area contributed by atoms with E-state index in [2.05, 4.69) is 25.6 Å². The fourth-order valence-electron chi connectivity index (χ4n) is 2.60. The molecule has 0 aliphatic carbocycles. The van der Waals surface area contributed by atoms with E-state index in [0.717, 1.165) is 28.2 Å². The topological polar surface area (TPSA) is 88.5 Å². The molecule has 2 N–H and O–H groups in total. The van der Waals surface area contributed by atoms with E-state index in [-0.39, 0.29) is 5.91 Å². The van der Waals surface area contributed by atoms with E-state index < -0.39 is 0 Å².